The lowest BCUT2D eigenvalue weighted by Gasteiger charge is -2.17. The van der Waals surface area contributed by atoms with E-state index < -0.39 is 0 Å². The van der Waals surface area contributed by atoms with Gasteiger partial charge in [0, 0.05) is 12.3 Å². The first-order chi connectivity index (χ1) is 14.6. The monoisotopic (exact) mass is 399 g/mol. The van der Waals surface area contributed by atoms with Gasteiger partial charge in [0.15, 0.2) is 0 Å². The van der Waals surface area contributed by atoms with Crippen LogP contribution in [-0.2, 0) is 6.42 Å². The molecule has 2 N–H and O–H groups in total. The van der Waals surface area contributed by atoms with Crippen LogP contribution < -0.4 is 5.73 Å². The van der Waals surface area contributed by atoms with Crippen molar-refractivity contribution in [2.45, 2.75) is 38.6 Å². The first-order valence-electron chi connectivity index (χ1n) is 10.3. The number of benzene rings is 3. The Labute approximate surface area is 178 Å². The fraction of sp³-hybridized carbons (Fsp3) is 0.231. The Morgan fingerprint density at radius 1 is 0.767 bits per heavy atom. The van der Waals surface area contributed by atoms with E-state index in [2.05, 4.69) is 77.8 Å². The van der Waals surface area contributed by atoms with Crippen LogP contribution in [-0.4, -0.2) is 10.2 Å². The zero-order chi connectivity index (χ0) is 21.2. The number of nitrogens with zero attached hydrogens (tertiary/aromatic N) is 2. The minimum absolute atomic E-state index is 0.227. The number of hydrogen-bond donors (Lipinski definition) is 1. The van der Waals surface area contributed by atoms with Crippen LogP contribution >= 0.6 is 0 Å². The van der Waals surface area contributed by atoms with Crippen LogP contribution in [0.3, 0.4) is 0 Å². The molecule has 0 fully saturated rings. The van der Waals surface area contributed by atoms with Gasteiger partial charge in [-0.15, -0.1) is 10.2 Å². The summed E-state index contributed by atoms with van der Waals surface area (Å²) in [6.07, 6.45) is 1.64. The summed E-state index contributed by atoms with van der Waals surface area (Å²) >= 11 is 0. The van der Waals surface area contributed by atoms with Crippen molar-refractivity contribution in [3.05, 3.63) is 119 Å². The predicted molar refractivity (Wildman–Crippen MR) is 121 cm³/mol. The van der Waals surface area contributed by atoms with Gasteiger partial charge in [-0.2, -0.15) is 0 Å². The fourth-order valence-corrected chi connectivity index (χ4v) is 3.25. The van der Waals surface area contributed by atoms with E-state index >= 15 is 0 Å². The van der Waals surface area contributed by atoms with E-state index in [0.717, 1.165) is 12.8 Å². The van der Waals surface area contributed by atoms with Crippen LogP contribution in [0.1, 0.15) is 53.8 Å². The number of hydrogen-bond acceptors (Lipinski definition) is 4. The van der Waals surface area contributed by atoms with Gasteiger partial charge in [0.25, 0.3) is 0 Å². The van der Waals surface area contributed by atoms with Crippen molar-refractivity contribution in [3.8, 4) is 0 Å². The Morgan fingerprint density at radius 2 is 1.27 bits per heavy atom. The normalized spacial score (nSPS) is 11.6. The van der Waals surface area contributed by atoms with Crippen LogP contribution in [0.4, 0.5) is 0 Å². The minimum Gasteiger partial charge on any atom is -0.424 e. The van der Waals surface area contributed by atoms with Gasteiger partial charge in [0.1, 0.15) is 0 Å². The third kappa shape index (κ3) is 6.39. The lowest BCUT2D eigenvalue weighted by Crippen LogP contribution is -2.04. The van der Waals surface area contributed by atoms with Gasteiger partial charge in [-0.05, 0) is 31.4 Å². The Balaban J connectivity index is 0.000000310. The Morgan fingerprint density at radius 3 is 1.67 bits per heavy atom. The van der Waals surface area contributed by atoms with Crippen molar-refractivity contribution in [1.29, 1.82) is 0 Å². The van der Waals surface area contributed by atoms with Gasteiger partial charge in [-0.1, -0.05) is 96.6 Å². The van der Waals surface area contributed by atoms with Crippen LogP contribution in [0, 0.1) is 6.92 Å². The molecule has 3 aromatic carbocycles. The smallest absolute Gasteiger partial charge is 0.232 e. The van der Waals surface area contributed by atoms with Crippen LogP contribution in [0.25, 0.3) is 0 Å². The first kappa shape index (κ1) is 21.5. The van der Waals surface area contributed by atoms with Crippen LogP contribution in [0.2, 0.25) is 0 Å². The fourth-order valence-electron chi connectivity index (χ4n) is 3.25. The number of nitrogens with two attached hydrogens (primary N) is 1. The molecule has 30 heavy (non-hydrogen) atoms. The van der Waals surface area contributed by atoms with Gasteiger partial charge < -0.3 is 10.2 Å². The summed E-state index contributed by atoms with van der Waals surface area (Å²) in [5, 5.41) is 8.10. The molecule has 0 saturated carbocycles. The van der Waals surface area contributed by atoms with E-state index in [4.69, 9.17) is 10.2 Å². The molecule has 4 nitrogen and oxygen atoms in total. The summed E-state index contributed by atoms with van der Waals surface area (Å²) in [7, 11) is 0. The zero-order valence-corrected chi connectivity index (χ0v) is 17.6. The maximum Gasteiger partial charge on any atom is 0.232 e. The molecule has 0 spiro atoms. The van der Waals surface area contributed by atoms with Crippen molar-refractivity contribution in [2.75, 3.05) is 0 Å². The second kappa shape index (κ2) is 11.1. The molecule has 0 aliphatic rings. The number of aryl methyl sites for hydroxylation is 2. The third-order valence-corrected chi connectivity index (χ3v) is 4.86. The van der Waals surface area contributed by atoms with E-state index in [1.54, 1.807) is 0 Å². The summed E-state index contributed by atoms with van der Waals surface area (Å²) < 4.78 is 5.62. The summed E-state index contributed by atoms with van der Waals surface area (Å²) in [5.41, 5.74) is 9.68. The van der Waals surface area contributed by atoms with Crippen molar-refractivity contribution in [3.63, 3.8) is 0 Å². The summed E-state index contributed by atoms with van der Waals surface area (Å²) in [4.78, 5) is 0. The molecule has 0 unspecified atom stereocenters. The highest BCUT2D eigenvalue weighted by molar-refractivity contribution is 5.32. The second-order valence-corrected chi connectivity index (χ2v) is 7.39. The lowest BCUT2D eigenvalue weighted by molar-refractivity contribution is 0.420. The van der Waals surface area contributed by atoms with Crippen molar-refractivity contribution < 1.29 is 4.42 Å². The molecule has 0 radical (unpaired) electrons. The molecule has 0 saturated heterocycles. The molecule has 154 valence electrons. The molecule has 0 amide bonds. The maximum absolute atomic E-state index is 5.77. The third-order valence-electron chi connectivity index (χ3n) is 4.86. The number of rotatable bonds is 6. The molecule has 4 aromatic rings. The van der Waals surface area contributed by atoms with Crippen molar-refractivity contribution in [1.82, 2.24) is 10.2 Å². The highest BCUT2D eigenvalue weighted by atomic mass is 16.4. The standard InChI is InChI=1S/C19H21N3O.C7H8/c1-14(20)19-22-21-18(23-19)13-12-17(15-8-4-2-5-9-15)16-10-6-3-7-11-16;1-7-5-3-2-4-6-7/h2-11,14,17H,12-13,20H2,1H3;2-6H,1H3/t14-;/m0./s1. The molecule has 1 atom stereocenters. The Kier molecular flexibility index (Phi) is 7.93. The van der Waals surface area contributed by atoms with E-state index in [0.29, 0.717) is 17.7 Å². The van der Waals surface area contributed by atoms with Gasteiger partial charge in [0.05, 0.1) is 6.04 Å². The highest BCUT2D eigenvalue weighted by Gasteiger charge is 2.16. The lowest BCUT2D eigenvalue weighted by atomic mass is 9.87. The quantitative estimate of drug-likeness (QED) is 0.442. The van der Waals surface area contributed by atoms with Gasteiger partial charge in [-0.3, -0.25) is 0 Å². The Hall–Kier alpha value is -3.24. The summed E-state index contributed by atoms with van der Waals surface area (Å²) in [6.45, 7) is 3.92. The number of aromatic nitrogens is 2. The average molecular weight is 400 g/mol. The molecule has 0 aliphatic heterocycles. The molecule has 1 aromatic heterocycles. The van der Waals surface area contributed by atoms with Crippen LogP contribution in [0.5, 0.6) is 0 Å². The highest BCUT2D eigenvalue weighted by Crippen LogP contribution is 2.29. The largest absolute Gasteiger partial charge is 0.424 e. The average Bonchev–Trinajstić information content (AvgIpc) is 3.26. The van der Waals surface area contributed by atoms with E-state index in [1.165, 1.54) is 16.7 Å². The minimum atomic E-state index is -0.227. The zero-order valence-electron chi connectivity index (χ0n) is 17.6. The van der Waals surface area contributed by atoms with E-state index in [1.807, 2.05) is 37.3 Å². The second-order valence-electron chi connectivity index (χ2n) is 7.39. The predicted octanol–water partition coefficient (Wildman–Crippen LogP) is 5.85. The van der Waals surface area contributed by atoms with E-state index in [-0.39, 0.29) is 6.04 Å². The molecule has 0 bridgehead atoms. The van der Waals surface area contributed by atoms with Crippen molar-refractivity contribution in [2.24, 2.45) is 5.73 Å². The van der Waals surface area contributed by atoms with E-state index in [9.17, 15) is 0 Å². The molecule has 4 rings (SSSR count). The Bertz CT molecular complexity index is 943. The van der Waals surface area contributed by atoms with Gasteiger partial charge >= 0.3 is 0 Å². The summed E-state index contributed by atoms with van der Waals surface area (Å²) in [5.74, 6) is 1.45. The van der Waals surface area contributed by atoms with Crippen LogP contribution in [0.15, 0.2) is 95.4 Å². The van der Waals surface area contributed by atoms with Crippen molar-refractivity contribution >= 4 is 0 Å². The molecule has 1 heterocycles. The molecular formula is C26H29N3O. The van der Waals surface area contributed by atoms with Gasteiger partial charge in [0.2, 0.25) is 11.8 Å². The SMILES string of the molecule is C[C@H](N)c1nnc(CCC(c2ccccc2)c2ccccc2)o1.Cc1ccccc1. The van der Waals surface area contributed by atoms with Gasteiger partial charge in [-0.25, -0.2) is 0 Å². The first-order valence-corrected chi connectivity index (χ1v) is 10.3. The molecule has 4 heteroatoms. The maximum atomic E-state index is 5.77. The molecular weight excluding hydrogens is 370 g/mol. The summed E-state index contributed by atoms with van der Waals surface area (Å²) in [6, 6.07) is 31.1. The topological polar surface area (TPSA) is 64.9 Å². The molecule has 0 aliphatic carbocycles.